The molecule has 3 aromatic carbocycles. The number of hydrogen-bond donors (Lipinski definition) is 0. The van der Waals surface area contributed by atoms with Crippen molar-refractivity contribution in [3.63, 3.8) is 0 Å². The van der Waals surface area contributed by atoms with Gasteiger partial charge in [0.2, 0.25) is 0 Å². The number of piperazine rings is 1. The standard InChI is InChI=1S/C28H32N6O/c1-22-8-12-25(13-9-22)27(33-18-16-32(17-19-33)20-23-6-4-3-5-7-23)28-29-30-31-34(28)21-24-10-14-26(35-2)15-11-24/h3-15,27H,16-21H2,1-2H3/t27-/m0/s1. The maximum Gasteiger partial charge on any atom is 0.173 e. The van der Waals surface area contributed by atoms with Crippen molar-refractivity contribution in [1.29, 1.82) is 0 Å². The van der Waals surface area contributed by atoms with E-state index in [4.69, 9.17) is 4.74 Å². The van der Waals surface area contributed by atoms with Crippen molar-refractivity contribution in [2.24, 2.45) is 0 Å². The van der Waals surface area contributed by atoms with Gasteiger partial charge in [-0.2, -0.15) is 0 Å². The van der Waals surface area contributed by atoms with Gasteiger partial charge in [0.15, 0.2) is 5.82 Å². The topological polar surface area (TPSA) is 59.3 Å². The van der Waals surface area contributed by atoms with Crippen molar-refractivity contribution in [2.75, 3.05) is 33.3 Å². The van der Waals surface area contributed by atoms with Crippen LogP contribution < -0.4 is 4.74 Å². The molecule has 0 N–H and O–H groups in total. The Balaban J connectivity index is 1.37. The van der Waals surface area contributed by atoms with E-state index >= 15 is 0 Å². The molecule has 0 saturated carbocycles. The van der Waals surface area contributed by atoms with Crippen molar-refractivity contribution < 1.29 is 4.74 Å². The summed E-state index contributed by atoms with van der Waals surface area (Å²) in [6.45, 7) is 7.66. The molecule has 5 rings (SSSR count). The number of tetrazole rings is 1. The first-order valence-electron chi connectivity index (χ1n) is 12.2. The number of aryl methyl sites for hydroxylation is 1. The predicted molar refractivity (Wildman–Crippen MR) is 136 cm³/mol. The van der Waals surface area contributed by atoms with Crippen LogP contribution in [-0.2, 0) is 13.1 Å². The quantitative estimate of drug-likeness (QED) is 0.390. The maximum atomic E-state index is 5.30. The van der Waals surface area contributed by atoms with E-state index in [9.17, 15) is 0 Å². The van der Waals surface area contributed by atoms with E-state index < -0.39 is 0 Å². The molecule has 7 nitrogen and oxygen atoms in total. The molecule has 0 spiro atoms. The first kappa shape index (κ1) is 23.2. The van der Waals surface area contributed by atoms with Crippen LogP contribution in [0.1, 0.15) is 34.1 Å². The molecule has 1 aromatic heterocycles. The van der Waals surface area contributed by atoms with Crippen LogP contribution in [0.15, 0.2) is 78.9 Å². The minimum atomic E-state index is 0.00252. The van der Waals surface area contributed by atoms with Crippen molar-refractivity contribution in [1.82, 2.24) is 30.0 Å². The van der Waals surface area contributed by atoms with Crippen LogP contribution in [0.3, 0.4) is 0 Å². The first-order valence-corrected chi connectivity index (χ1v) is 12.2. The molecule has 1 aliphatic rings. The largest absolute Gasteiger partial charge is 0.497 e. The maximum absolute atomic E-state index is 5.30. The van der Waals surface area contributed by atoms with E-state index in [-0.39, 0.29) is 6.04 Å². The van der Waals surface area contributed by atoms with Gasteiger partial charge >= 0.3 is 0 Å². The van der Waals surface area contributed by atoms with Gasteiger partial charge in [-0.25, -0.2) is 4.68 Å². The van der Waals surface area contributed by atoms with Crippen LogP contribution >= 0.6 is 0 Å². The van der Waals surface area contributed by atoms with E-state index in [0.717, 1.165) is 49.9 Å². The molecule has 1 fully saturated rings. The third-order valence-corrected chi connectivity index (χ3v) is 6.71. The number of hydrogen-bond acceptors (Lipinski definition) is 6. The second kappa shape index (κ2) is 10.8. The molecular formula is C28H32N6O. The predicted octanol–water partition coefficient (Wildman–Crippen LogP) is 3.95. The monoisotopic (exact) mass is 468 g/mol. The molecule has 7 heteroatoms. The molecule has 4 aromatic rings. The average Bonchev–Trinajstić information content (AvgIpc) is 3.35. The van der Waals surface area contributed by atoms with Gasteiger partial charge in [0.1, 0.15) is 5.75 Å². The molecule has 0 aliphatic carbocycles. The Morgan fingerprint density at radius 1 is 0.800 bits per heavy atom. The van der Waals surface area contributed by atoms with Crippen LogP contribution in [0.4, 0.5) is 0 Å². The number of benzene rings is 3. The van der Waals surface area contributed by atoms with Crippen LogP contribution in [0, 0.1) is 6.92 Å². The fourth-order valence-electron chi connectivity index (χ4n) is 4.72. The van der Waals surface area contributed by atoms with Gasteiger partial charge in [0, 0.05) is 32.7 Å². The van der Waals surface area contributed by atoms with E-state index in [1.54, 1.807) is 7.11 Å². The van der Waals surface area contributed by atoms with E-state index in [1.165, 1.54) is 16.7 Å². The molecule has 0 bridgehead atoms. The van der Waals surface area contributed by atoms with Gasteiger partial charge in [-0.05, 0) is 46.2 Å². The van der Waals surface area contributed by atoms with Crippen molar-refractivity contribution >= 4 is 0 Å². The van der Waals surface area contributed by atoms with Crippen LogP contribution in [-0.4, -0.2) is 63.3 Å². The van der Waals surface area contributed by atoms with Gasteiger partial charge in [-0.15, -0.1) is 5.10 Å². The highest BCUT2D eigenvalue weighted by atomic mass is 16.5. The Labute approximate surface area is 206 Å². The van der Waals surface area contributed by atoms with Gasteiger partial charge in [0.05, 0.1) is 19.7 Å². The number of rotatable bonds is 8. The number of aromatic nitrogens is 4. The SMILES string of the molecule is COc1ccc(Cn2nnnc2[C@H](c2ccc(C)cc2)N2CCN(Cc3ccccc3)CC2)cc1. The first-order chi connectivity index (χ1) is 17.2. The zero-order chi connectivity index (χ0) is 24.0. The number of methoxy groups -OCH3 is 1. The molecule has 35 heavy (non-hydrogen) atoms. The van der Waals surface area contributed by atoms with E-state index in [1.807, 2.05) is 16.8 Å². The Morgan fingerprint density at radius 2 is 1.49 bits per heavy atom. The fourth-order valence-corrected chi connectivity index (χ4v) is 4.72. The zero-order valence-electron chi connectivity index (χ0n) is 20.4. The molecule has 0 radical (unpaired) electrons. The molecule has 1 atom stereocenters. The Kier molecular flexibility index (Phi) is 7.16. The van der Waals surface area contributed by atoms with E-state index in [2.05, 4.69) is 99.0 Å². The van der Waals surface area contributed by atoms with Crippen LogP contribution in [0.5, 0.6) is 5.75 Å². The summed E-state index contributed by atoms with van der Waals surface area (Å²) in [7, 11) is 1.68. The summed E-state index contributed by atoms with van der Waals surface area (Å²) in [4.78, 5) is 5.04. The van der Waals surface area contributed by atoms with Crippen LogP contribution in [0.2, 0.25) is 0 Å². The molecular weight excluding hydrogens is 436 g/mol. The summed E-state index contributed by atoms with van der Waals surface area (Å²) in [6.07, 6.45) is 0. The highest BCUT2D eigenvalue weighted by molar-refractivity contribution is 5.30. The smallest absolute Gasteiger partial charge is 0.173 e. The third-order valence-electron chi connectivity index (χ3n) is 6.71. The summed E-state index contributed by atoms with van der Waals surface area (Å²) in [5, 5.41) is 13.0. The van der Waals surface area contributed by atoms with Crippen LogP contribution in [0.25, 0.3) is 0 Å². The molecule has 180 valence electrons. The van der Waals surface area contributed by atoms with Gasteiger partial charge in [0.25, 0.3) is 0 Å². The van der Waals surface area contributed by atoms with Crippen molar-refractivity contribution in [3.05, 3.63) is 107 Å². The second-order valence-electron chi connectivity index (χ2n) is 9.15. The lowest BCUT2D eigenvalue weighted by Crippen LogP contribution is -2.48. The number of nitrogens with zero attached hydrogens (tertiary/aromatic N) is 6. The highest BCUT2D eigenvalue weighted by Crippen LogP contribution is 2.29. The van der Waals surface area contributed by atoms with Gasteiger partial charge in [-0.3, -0.25) is 9.80 Å². The number of ether oxygens (including phenoxy) is 1. The summed E-state index contributed by atoms with van der Waals surface area (Å²) in [6, 6.07) is 27.6. The van der Waals surface area contributed by atoms with E-state index in [0.29, 0.717) is 6.54 Å². The average molecular weight is 469 g/mol. The lowest BCUT2D eigenvalue weighted by molar-refractivity contribution is 0.100. The molecule has 1 saturated heterocycles. The Bertz CT molecular complexity index is 1200. The zero-order valence-corrected chi connectivity index (χ0v) is 20.4. The normalized spacial score (nSPS) is 15.7. The van der Waals surface area contributed by atoms with Crippen molar-refractivity contribution in [2.45, 2.75) is 26.1 Å². The van der Waals surface area contributed by atoms with Gasteiger partial charge < -0.3 is 4.74 Å². The summed E-state index contributed by atoms with van der Waals surface area (Å²) in [5.41, 5.74) is 4.96. The molecule has 0 unspecified atom stereocenters. The Hall–Kier alpha value is -3.55. The second-order valence-corrected chi connectivity index (χ2v) is 9.15. The fraction of sp³-hybridized carbons (Fsp3) is 0.321. The third kappa shape index (κ3) is 5.58. The van der Waals surface area contributed by atoms with Gasteiger partial charge in [-0.1, -0.05) is 72.3 Å². The summed E-state index contributed by atoms with van der Waals surface area (Å²) in [5.74, 6) is 1.72. The lowest BCUT2D eigenvalue weighted by Gasteiger charge is -2.39. The Morgan fingerprint density at radius 3 is 2.17 bits per heavy atom. The molecule has 0 amide bonds. The highest BCUT2D eigenvalue weighted by Gasteiger charge is 2.30. The molecule has 1 aliphatic heterocycles. The summed E-state index contributed by atoms with van der Waals surface area (Å²) >= 11 is 0. The van der Waals surface area contributed by atoms with Crippen molar-refractivity contribution in [3.8, 4) is 5.75 Å². The minimum Gasteiger partial charge on any atom is -0.497 e. The minimum absolute atomic E-state index is 0.00252. The molecule has 2 heterocycles. The summed E-state index contributed by atoms with van der Waals surface area (Å²) < 4.78 is 7.23. The lowest BCUT2D eigenvalue weighted by atomic mass is 10.0.